The fourth-order valence-corrected chi connectivity index (χ4v) is 2.32. The molecule has 0 fully saturated rings. The van der Waals surface area contributed by atoms with Crippen molar-refractivity contribution >= 4 is 23.8 Å². The lowest BCUT2D eigenvalue weighted by molar-refractivity contribution is -0.136. The molecule has 0 radical (unpaired) electrons. The van der Waals surface area contributed by atoms with E-state index < -0.39 is 5.97 Å². The first-order valence-electron chi connectivity index (χ1n) is 7.26. The van der Waals surface area contributed by atoms with Crippen LogP contribution in [-0.4, -0.2) is 62.0 Å². The highest BCUT2D eigenvalue weighted by Gasteiger charge is 2.34. The standard InChI is InChI=1S/C16H19N3O5/c1-23-16(22)12-10-19(7-8-20)15(21)14(12)18-13-6-4-3-5-11(13)9-17-24-2/h3-6,9,18,20H,7-8,10H2,1-2H3. The molecule has 0 aromatic heterocycles. The van der Waals surface area contributed by atoms with Crippen LogP contribution in [0.25, 0.3) is 0 Å². The highest BCUT2D eigenvalue weighted by molar-refractivity contribution is 6.09. The van der Waals surface area contributed by atoms with Gasteiger partial charge in [-0.2, -0.15) is 0 Å². The van der Waals surface area contributed by atoms with E-state index in [9.17, 15) is 9.59 Å². The number of ether oxygens (including phenoxy) is 1. The Kier molecular flexibility index (Phi) is 5.91. The molecule has 0 aliphatic carbocycles. The van der Waals surface area contributed by atoms with E-state index in [4.69, 9.17) is 9.84 Å². The van der Waals surface area contributed by atoms with Crippen LogP contribution in [0.2, 0.25) is 0 Å². The fraction of sp³-hybridized carbons (Fsp3) is 0.312. The molecule has 8 nitrogen and oxygen atoms in total. The van der Waals surface area contributed by atoms with E-state index >= 15 is 0 Å². The van der Waals surface area contributed by atoms with E-state index in [1.165, 1.54) is 25.3 Å². The summed E-state index contributed by atoms with van der Waals surface area (Å²) in [6, 6.07) is 7.14. The number of amides is 1. The third-order valence-electron chi connectivity index (χ3n) is 3.47. The second-order valence-electron chi connectivity index (χ2n) is 4.92. The van der Waals surface area contributed by atoms with Crippen molar-refractivity contribution < 1.29 is 24.3 Å². The smallest absolute Gasteiger partial charge is 0.337 e. The molecule has 128 valence electrons. The molecule has 0 saturated heterocycles. The molecule has 8 heteroatoms. The number of hydrogen-bond acceptors (Lipinski definition) is 7. The van der Waals surface area contributed by atoms with Crippen LogP contribution in [0.5, 0.6) is 0 Å². The number of aliphatic hydroxyl groups excluding tert-OH is 1. The lowest BCUT2D eigenvalue weighted by Crippen LogP contribution is -2.31. The van der Waals surface area contributed by atoms with Crippen molar-refractivity contribution in [2.24, 2.45) is 5.16 Å². The van der Waals surface area contributed by atoms with Crippen molar-refractivity contribution in [2.45, 2.75) is 0 Å². The second kappa shape index (κ2) is 8.11. The molecule has 1 heterocycles. The quantitative estimate of drug-likeness (QED) is 0.424. The van der Waals surface area contributed by atoms with Gasteiger partial charge in [-0.15, -0.1) is 0 Å². The van der Waals surface area contributed by atoms with Gasteiger partial charge in [0.05, 0.1) is 32.0 Å². The number of carbonyl (C=O) groups is 2. The molecule has 1 aromatic carbocycles. The van der Waals surface area contributed by atoms with Gasteiger partial charge >= 0.3 is 5.97 Å². The van der Waals surface area contributed by atoms with Gasteiger partial charge in [0, 0.05) is 17.8 Å². The van der Waals surface area contributed by atoms with Gasteiger partial charge in [0.15, 0.2) is 0 Å². The number of anilines is 1. The number of nitrogens with one attached hydrogen (secondary N) is 1. The van der Waals surface area contributed by atoms with Crippen molar-refractivity contribution in [1.29, 1.82) is 0 Å². The largest absolute Gasteiger partial charge is 0.466 e. The lowest BCUT2D eigenvalue weighted by Gasteiger charge is -2.15. The maximum atomic E-state index is 12.5. The first-order valence-corrected chi connectivity index (χ1v) is 7.26. The molecule has 0 unspecified atom stereocenters. The van der Waals surface area contributed by atoms with Crippen molar-refractivity contribution in [2.75, 3.05) is 39.2 Å². The summed E-state index contributed by atoms with van der Waals surface area (Å²) in [5.74, 6) is -0.961. The van der Waals surface area contributed by atoms with Gasteiger partial charge in [-0.1, -0.05) is 23.4 Å². The SMILES string of the molecule is CON=Cc1ccccc1NC1=C(C(=O)OC)CN(CCO)C1=O. The molecule has 0 spiro atoms. The van der Waals surface area contributed by atoms with E-state index in [1.54, 1.807) is 18.2 Å². The minimum atomic E-state index is -0.589. The van der Waals surface area contributed by atoms with Crippen LogP contribution in [0, 0.1) is 0 Å². The van der Waals surface area contributed by atoms with Crippen LogP contribution in [0.1, 0.15) is 5.56 Å². The molecule has 2 rings (SSSR count). The average molecular weight is 333 g/mol. The number of hydrogen-bond donors (Lipinski definition) is 2. The number of methoxy groups -OCH3 is 1. The Hall–Kier alpha value is -2.87. The van der Waals surface area contributed by atoms with E-state index in [0.717, 1.165) is 0 Å². The van der Waals surface area contributed by atoms with Crippen LogP contribution in [0.4, 0.5) is 5.69 Å². The summed E-state index contributed by atoms with van der Waals surface area (Å²) in [5, 5.41) is 15.8. The fourth-order valence-electron chi connectivity index (χ4n) is 2.32. The molecular weight excluding hydrogens is 314 g/mol. The molecule has 0 bridgehead atoms. The van der Waals surface area contributed by atoms with Crippen LogP contribution in [0.3, 0.4) is 0 Å². The summed E-state index contributed by atoms with van der Waals surface area (Å²) in [7, 11) is 2.68. The Balaban J connectivity index is 2.36. The first kappa shape index (κ1) is 17.5. The summed E-state index contributed by atoms with van der Waals surface area (Å²) in [5.41, 5.74) is 1.63. The van der Waals surface area contributed by atoms with Crippen LogP contribution in [0.15, 0.2) is 40.7 Å². The van der Waals surface area contributed by atoms with Gasteiger partial charge in [0.2, 0.25) is 0 Å². The topological polar surface area (TPSA) is 100 Å². The zero-order valence-electron chi connectivity index (χ0n) is 13.5. The molecule has 1 aliphatic heterocycles. The number of β-amino-alcohol motifs (C(OH)–C–C–N with tert-alkyl or cyclic N) is 1. The maximum Gasteiger partial charge on any atom is 0.337 e. The summed E-state index contributed by atoms with van der Waals surface area (Å²) < 4.78 is 4.75. The highest BCUT2D eigenvalue weighted by atomic mass is 16.6. The molecule has 0 saturated carbocycles. The predicted octanol–water partition coefficient (Wildman–Crippen LogP) is 0.340. The third-order valence-corrected chi connectivity index (χ3v) is 3.47. The molecule has 1 aromatic rings. The second-order valence-corrected chi connectivity index (χ2v) is 4.92. The molecule has 2 N–H and O–H groups in total. The Morgan fingerprint density at radius 1 is 1.42 bits per heavy atom. The third kappa shape index (κ3) is 3.72. The van der Waals surface area contributed by atoms with Crippen molar-refractivity contribution in [3.8, 4) is 0 Å². The molecule has 24 heavy (non-hydrogen) atoms. The number of benzene rings is 1. The maximum absolute atomic E-state index is 12.5. The minimum absolute atomic E-state index is 0.0860. The molecule has 1 amide bonds. The van der Waals surface area contributed by atoms with E-state index in [-0.39, 0.29) is 36.9 Å². The van der Waals surface area contributed by atoms with Crippen molar-refractivity contribution in [1.82, 2.24) is 4.90 Å². The highest BCUT2D eigenvalue weighted by Crippen LogP contribution is 2.24. The van der Waals surface area contributed by atoms with Gasteiger partial charge in [-0.25, -0.2) is 4.79 Å². The van der Waals surface area contributed by atoms with E-state index in [0.29, 0.717) is 11.3 Å². The molecule has 1 aliphatic rings. The summed E-state index contributed by atoms with van der Waals surface area (Å²) in [4.78, 5) is 30.5. The summed E-state index contributed by atoms with van der Waals surface area (Å²) in [6.45, 7) is 0.0323. The van der Waals surface area contributed by atoms with Gasteiger partial charge in [0.1, 0.15) is 12.8 Å². The van der Waals surface area contributed by atoms with Crippen molar-refractivity contribution in [3.05, 3.63) is 41.1 Å². The Morgan fingerprint density at radius 2 is 2.17 bits per heavy atom. The minimum Gasteiger partial charge on any atom is -0.466 e. The Morgan fingerprint density at radius 3 is 2.83 bits per heavy atom. The summed E-state index contributed by atoms with van der Waals surface area (Å²) >= 11 is 0. The molecular formula is C16H19N3O5. The number of esters is 1. The number of para-hydroxylation sites is 1. The normalized spacial score (nSPS) is 14.5. The van der Waals surface area contributed by atoms with Crippen LogP contribution in [-0.2, 0) is 19.2 Å². The Bertz CT molecular complexity index is 684. The zero-order valence-corrected chi connectivity index (χ0v) is 13.5. The zero-order chi connectivity index (χ0) is 17.5. The number of nitrogens with zero attached hydrogens (tertiary/aromatic N) is 2. The van der Waals surface area contributed by atoms with E-state index in [1.807, 2.05) is 6.07 Å². The Labute approximate surface area is 139 Å². The van der Waals surface area contributed by atoms with E-state index in [2.05, 4.69) is 15.3 Å². The van der Waals surface area contributed by atoms with Crippen molar-refractivity contribution in [3.63, 3.8) is 0 Å². The number of aliphatic hydroxyl groups is 1. The molecule has 0 atom stereocenters. The van der Waals surface area contributed by atoms with Gasteiger partial charge in [-0.3, -0.25) is 4.79 Å². The predicted molar refractivity (Wildman–Crippen MR) is 87.4 cm³/mol. The average Bonchev–Trinajstić information content (AvgIpc) is 2.90. The number of oxime groups is 1. The lowest BCUT2D eigenvalue weighted by atomic mass is 10.1. The first-order chi connectivity index (χ1) is 11.6. The van der Waals surface area contributed by atoms with Crippen LogP contribution >= 0.6 is 0 Å². The van der Waals surface area contributed by atoms with Crippen LogP contribution < -0.4 is 5.32 Å². The van der Waals surface area contributed by atoms with Gasteiger partial charge in [0.25, 0.3) is 5.91 Å². The number of rotatable bonds is 7. The van der Waals surface area contributed by atoms with Gasteiger partial charge in [-0.05, 0) is 6.07 Å². The monoisotopic (exact) mass is 333 g/mol. The van der Waals surface area contributed by atoms with Gasteiger partial charge < -0.3 is 24.9 Å². The summed E-state index contributed by atoms with van der Waals surface area (Å²) in [6.07, 6.45) is 1.49. The number of carbonyl (C=O) groups excluding carboxylic acids is 2.